The highest BCUT2D eigenvalue weighted by Crippen LogP contribution is 2.23. The molecular weight excluding hydrogens is 280 g/mol. The monoisotopic (exact) mass is 310 g/mol. The number of likely N-dealkylation sites (tertiary alicyclic amines) is 1. The van der Waals surface area contributed by atoms with Crippen molar-refractivity contribution in [2.24, 2.45) is 5.92 Å². The Morgan fingerprint density at radius 1 is 1.05 bits per heavy atom. The molecule has 0 aromatic heterocycles. The third kappa shape index (κ3) is 4.43. The Balaban J connectivity index is 1.39. The molecule has 0 spiro atoms. The summed E-state index contributed by atoms with van der Waals surface area (Å²) < 4.78 is 11.0. The largest absolute Gasteiger partial charge is 0.354 e. The quantitative estimate of drug-likeness (QED) is 0.814. The Bertz CT molecular complexity index is 352. The highest BCUT2D eigenvalue weighted by Gasteiger charge is 2.31. The molecule has 3 aliphatic rings. The number of ether oxygens (including phenoxy) is 2. The Morgan fingerprint density at radius 2 is 1.82 bits per heavy atom. The summed E-state index contributed by atoms with van der Waals surface area (Å²) in [4.78, 5) is 14.8. The van der Waals surface area contributed by atoms with Crippen LogP contribution in [0, 0.1) is 5.92 Å². The highest BCUT2D eigenvalue weighted by atomic mass is 16.7. The van der Waals surface area contributed by atoms with Crippen molar-refractivity contribution in [1.82, 2.24) is 10.2 Å². The van der Waals surface area contributed by atoms with E-state index >= 15 is 0 Å². The maximum atomic E-state index is 12.5. The van der Waals surface area contributed by atoms with Gasteiger partial charge in [0.2, 0.25) is 5.91 Å². The number of carbonyl (C=O) groups is 1. The SMILES string of the molecule is O=C(NCC1CCCCC1)[C@@H]1CCCN1CCC1OCCO1. The van der Waals surface area contributed by atoms with Gasteiger partial charge in [0.1, 0.15) is 0 Å². The first-order valence-electron chi connectivity index (χ1n) is 9.08. The summed E-state index contributed by atoms with van der Waals surface area (Å²) >= 11 is 0. The van der Waals surface area contributed by atoms with E-state index in [1.165, 1.54) is 32.1 Å². The van der Waals surface area contributed by atoms with Crippen molar-refractivity contribution >= 4 is 5.91 Å². The minimum atomic E-state index is -0.0634. The van der Waals surface area contributed by atoms with Crippen molar-refractivity contribution in [2.45, 2.75) is 63.7 Å². The second-order valence-corrected chi connectivity index (χ2v) is 6.90. The molecule has 0 bridgehead atoms. The predicted octanol–water partition coefficient (Wildman–Crippen LogP) is 1.91. The molecule has 3 fully saturated rings. The molecule has 5 heteroatoms. The molecule has 2 aliphatic heterocycles. The number of carbonyl (C=O) groups excluding carboxylic acids is 1. The van der Waals surface area contributed by atoms with Crippen LogP contribution < -0.4 is 5.32 Å². The molecule has 126 valence electrons. The Hall–Kier alpha value is -0.650. The van der Waals surface area contributed by atoms with Gasteiger partial charge in [0.05, 0.1) is 19.3 Å². The van der Waals surface area contributed by atoms with Crippen LogP contribution in [0.4, 0.5) is 0 Å². The van der Waals surface area contributed by atoms with Gasteiger partial charge in [-0.25, -0.2) is 0 Å². The van der Waals surface area contributed by atoms with E-state index in [2.05, 4.69) is 10.2 Å². The molecule has 1 saturated carbocycles. The normalized spacial score (nSPS) is 28.3. The summed E-state index contributed by atoms with van der Waals surface area (Å²) in [5.74, 6) is 0.934. The summed E-state index contributed by atoms with van der Waals surface area (Å²) in [5.41, 5.74) is 0. The molecule has 2 saturated heterocycles. The van der Waals surface area contributed by atoms with Crippen LogP contribution in [0.5, 0.6) is 0 Å². The molecular formula is C17H30N2O3. The fraction of sp³-hybridized carbons (Fsp3) is 0.941. The average molecular weight is 310 g/mol. The first-order chi connectivity index (χ1) is 10.8. The number of nitrogens with zero attached hydrogens (tertiary/aromatic N) is 1. The van der Waals surface area contributed by atoms with Crippen molar-refractivity contribution in [3.63, 3.8) is 0 Å². The summed E-state index contributed by atoms with van der Waals surface area (Å²) in [7, 11) is 0. The van der Waals surface area contributed by atoms with Crippen molar-refractivity contribution < 1.29 is 14.3 Å². The van der Waals surface area contributed by atoms with Crippen LogP contribution in [-0.2, 0) is 14.3 Å². The number of hydrogen-bond acceptors (Lipinski definition) is 4. The molecule has 0 unspecified atom stereocenters. The standard InChI is InChI=1S/C17H30N2O3/c20-17(18-13-14-5-2-1-3-6-14)15-7-4-9-19(15)10-8-16-21-11-12-22-16/h14-16H,1-13H2,(H,18,20)/t15-/m0/s1. The van der Waals surface area contributed by atoms with Crippen molar-refractivity contribution in [1.29, 1.82) is 0 Å². The van der Waals surface area contributed by atoms with Gasteiger partial charge in [-0.3, -0.25) is 9.69 Å². The second-order valence-electron chi connectivity index (χ2n) is 6.90. The van der Waals surface area contributed by atoms with Gasteiger partial charge in [0, 0.05) is 19.5 Å². The van der Waals surface area contributed by atoms with Crippen LogP contribution in [0.3, 0.4) is 0 Å². The van der Waals surface area contributed by atoms with Gasteiger partial charge in [0.25, 0.3) is 0 Å². The smallest absolute Gasteiger partial charge is 0.237 e. The molecule has 0 aromatic rings. The van der Waals surface area contributed by atoms with E-state index in [9.17, 15) is 4.79 Å². The zero-order valence-electron chi connectivity index (χ0n) is 13.6. The average Bonchev–Trinajstić information content (AvgIpc) is 3.22. The van der Waals surface area contributed by atoms with Gasteiger partial charge in [0.15, 0.2) is 6.29 Å². The molecule has 0 radical (unpaired) electrons. The highest BCUT2D eigenvalue weighted by molar-refractivity contribution is 5.82. The Kier molecular flexibility index (Phi) is 6.10. The van der Waals surface area contributed by atoms with E-state index in [4.69, 9.17) is 9.47 Å². The Morgan fingerprint density at radius 3 is 2.59 bits per heavy atom. The lowest BCUT2D eigenvalue weighted by molar-refractivity contribution is -0.126. The molecule has 1 amide bonds. The van der Waals surface area contributed by atoms with Gasteiger partial charge in [-0.15, -0.1) is 0 Å². The van der Waals surface area contributed by atoms with Crippen LogP contribution in [0.25, 0.3) is 0 Å². The fourth-order valence-electron chi connectivity index (χ4n) is 3.99. The van der Waals surface area contributed by atoms with Gasteiger partial charge in [-0.2, -0.15) is 0 Å². The van der Waals surface area contributed by atoms with Crippen LogP contribution in [0.1, 0.15) is 51.4 Å². The Labute approximate surface area is 133 Å². The zero-order chi connectivity index (χ0) is 15.2. The summed E-state index contributed by atoms with van der Waals surface area (Å²) in [6.07, 6.45) is 9.51. The van der Waals surface area contributed by atoms with Crippen molar-refractivity contribution in [3.05, 3.63) is 0 Å². The molecule has 0 aromatic carbocycles. The van der Waals surface area contributed by atoms with E-state index < -0.39 is 0 Å². The van der Waals surface area contributed by atoms with E-state index in [0.717, 1.165) is 38.9 Å². The van der Waals surface area contributed by atoms with E-state index in [1.807, 2.05) is 0 Å². The van der Waals surface area contributed by atoms with Crippen LogP contribution in [0.2, 0.25) is 0 Å². The van der Waals surface area contributed by atoms with E-state index in [-0.39, 0.29) is 18.2 Å². The van der Waals surface area contributed by atoms with Gasteiger partial charge < -0.3 is 14.8 Å². The first-order valence-corrected chi connectivity index (χ1v) is 9.08. The molecule has 3 rings (SSSR count). The lowest BCUT2D eigenvalue weighted by atomic mass is 9.89. The van der Waals surface area contributed by atoms with E-state index in [1.54, 1.807) is 0 Å². The second kappa shape index (κ2) is 8.27. The van der Waals surface area contributed by atoms with Gasteiger partial charge in [-0.1, -0.05) is 19.3 Å². The molecule has 2 heterocycles. The third-order valence-electron chi connectivity index (χ3n) is 5.30. The molecule has 22 heavy (non-hydrogen) atoms. The topological polar surface area (TPSA) is 50.8 Å². The number of hydrogen-bond donors (Lipinski definition) is 1. The first kappa shape index (κ1) is 16.2. The summed E-state index contributed by atoms with van der Waals surface area (Å²) in [5, 5.41) is 3.21. The summed E-state index contributed by atoms with van der Waals surface area (Å²) in [6, 6.07) is 0.0602. The maximum Gasteiger partial charge on any atom is 0.237 e. The van der Waals surface area contributed by atoms with Crippen LogP contribution >= 0.6 is 0 Å². The van der Waals surface area contributed by atoms with Crippen molar-refractivity contribution in [3.8, 4) is 0 Å². The molecule has 5 nitrogen and oxygen atoms in total. The lowest BCUT2D eigenvalue weighted by Crippen LogP contribution is -2.45. The number of amides is 1. The van der Waals surface area contributed by atoms with E-state index in [0.29, 0.717) is 19.1 Å². The van der Waals surface area contributed by atoms with Gasteiger partial charge in [-0.05, 0) is 38.1 Å². The predicted molar refractivity (Wildman–Crippen MR) is 84.5 cm³/mol. The molecule has 1 atom stereocenters. The lowest BCUT2D eigenvalue weighted by Gasteiger charge is -2.26. The number of rotatable bonds is 6. The molecule has 1 N–H and O–H groups in total. The summed E-state index contributed by atoms with van der Waals surface area (Å²) in [6.45, 7) is 4.20. The maximum absolute atomic E-state index is 12.5. The van der Waals surface area contributed by atoms with Crippen molar-refractivity contribution in [2.75, 3.05) is 32.8 Å². The zero-order valence-corrected chi connectivity index (χ0v) is 13.6. The third-order valence-corrected chi connectivity index (χ3v) is 5.30. The molecule has 1 aliphatic carbocycles. The number of nitrogens with one attached hydrogen (secondary N) is 1. The minimum absolute atomic E-state index is 0.0602. The van der Waals surface area contributed by atoms with Gasteiger partial charge >= 0.3 is 0 Å². The van der Waals surface area contributed by atoms with Crippen LogP contribution in [0.15, 0.2) is 0 Å². The van der Waals surface area contributed by atoms with Crippen LogP contribution in [-0.4, -0.2) is 56.0 Å². The fourth-order valence-corrected chi connectivity index (χ4v) is 3.99. The minimum Gasteiger partial charge on any atom is -0.354 e.